The third kappa shape index (κ3) is 3.44. The van der Waals surface area contributed by atoms with Gasteiger partial charge in [0.05, 0.1) is 6.20 Å². The van der Waals surface area contributed by atoms with E-state index in [4.69, 9.17) is 0 Å². The number of rotatable bonds is 6. The van der Waals surface area contributed by atoms with Crippen molar-refractivity contribution in [3.05, 3.63) is 53.3 Å². The topological polar surface area (TPSA) is 29.9 Å². The van der Waals surface area contributed by atoms with Crippen LogP contribution in [0.3, 0.4) is 0 Å². The molecule has 0 bridgehead atoms. The minimum atomic E-state index is 0.422. The average Bonchev–Trinajstić information content (AvgIpc) is 2.76. The fourth-order valence-electron chi connectivity index (χ4n) is 2.31. The molecule has 0 radical (unpaired) electrons. The largest absolute Gasteiger partial charge is 0.306 e. The first-order chi connectivity index (χ1) is 9.22. The number of aromatic nitrogens is 2. The van der Waals surface area contributed by atoms with Gasteiger partial charge in [-0.3, -0.25) is 4.68 Å². The Balaban J connectivity index is 2.04. The van der Waals surface area contributed by atoms with E-state index in [0.29, 0.717) is 6.04 Å². The highest BCUT2D eigenvalue weighted by molar-refractivity contribution is 5.20. The highest BCUT2D eigenvalue weighted by Gasteiger charge is 2.11. The zero-order valence-corrected chi connectivity index (χ0v) is 12.1. The SMILES string of the molecule is CCCC(NCc1cnn(C)c1C)c1ccccc1. The second-order valence-corrected chi connectivity index (χ2v) is 5.01. The van der Waals surface area contributed by atoms with Crippen molar-refractivity contribution in [1.82, 2.24) is 15.1 Å². The molecular formula is C16H23N3. The predicted octanol–water partition coefficient (Wildman–Crippen LogP) is 3.36. The van der Waals surface area contributed by atoms with Crippen molar-refractivity contribution in [1.29, 1.82) is 0 Å². The molecule has 2 rings (SSSR count). The molecule has 3 nitrogen and oxygen atoms in total. The van der Waals surface area contributed by atoms with Crippen LogP contribution in [0.1, 0.15) is 42.6 Å². The van der Waals surface area contributed by atoms with Gasteiger partial charge in [0, 0.05) is 30.9 Å². The van der Waals surface area contributed by atoms with Gasteiger partial charge in [0.1, 0.15) is 0 Å². The fraction of sp³-hybridized carbons (Fsp3) is 0.438. The maximum atomic E-state index is 4.29. The Hall–Kier alpha value is -1.61. The Morgan fingerprint density at radius 1 is 1.26 bits per heavy atom. The van der Waals surface area contributed by atoms with E-state index >= 15 is 0 Å². The van der Waals surface area contributed by atoms with Gasteiger partial charge < -0.3 is 5.32 Å². The monoisotopic (exact) mass is 257 g/mol. The highest BCUT2D eigenvalue weighted by atomic mass is 15.3. The molecule has 0 aliphatic rings. The van der Waals surface area contributed by atoms with Gasteiger partial charge in [0.2, 0.25) is 0 Å². The Bertz CT molecular complexity index is 502. The molecule has 0 spiro atoms. The Morgan fingerprint density at radius 2 is 2.00 bits per heavy atom. The molecule has 0 saturated carbocycles. The van der Waals surface area contributed by atoms with Gasteiger partial charge in [-0.2, -0.15) is 5.10 Å². The van der Waals surface area contributed by atoms with E-state index < -0.39 is 0 Å². The van der Waals surface area contributed by atoms with Crippen LogP contribution in [0.15, 0.2) is 36.5 Å². The molecule has 102 valence electrons. The summed E-state index contributed by atoms with van der Waals surface area (Å²) >= 11 is 0. The molecule has 1 atom stereocenters. The molecule has 1 unspecified atom stereocenters. The van der Waals surface area contributed by atoms with Gasteiger partial charge >= 0.3 is 0 Å². The molecule has 0 saturated heterocycles. The van der Waals surface area contributed by atoms with Gasteiger partial charge in [-0.15, -0.1) is 0 Å². The minimum absolute atomic E-state index is 0.422. The number of nitrogens with one attached hydrogen (secondary N) is 1. The normalized spacial score (nSPS) is 12.6. The quantitative estimate of drug-likeness (QED) is 0.860. The van der Waals surface area contributed by atoms with Gasteiger partial charge in [-0.05, 0) is 18.9 Å². The molecule has 1 aromatic heterocycles. The fourth-order valence-corrected chi connectivity index (χ4v) is 2.31. The Morgan fingerprint density at radius 3 is 2.58 bits per heavy atom. The van der Waals surface area contributed by atoms with Crippen molar-refractivity contribution in [2.24, 2.45) is 7.05 Å². The molecule has 19 heavy (non-hydrogen) atoms. The lowest BCUT2D eigenvalue weighted by Crippen LogP contribution is -2.21. The first-order valence-corrected chi connectivity index (χ1v) is 6.98. The lowest BCUT2D eigenvalue weighted by atomic mass is 10.0. The van der Waals surface area contributed by atoms with E-state index in [1.807, 2.05) is 17.9 Å². The van der Waals surface area contributed by atoms with Gasteiger partial charge in [-0.25, -0.2) is 0 Å². The van der Waals surface area contributed by atoms with E-state index in [9.17, 15) is 0 Å². The minimum Gasteiger partial charge on any atom is -0.306 e. The third-order valence-corrected chi connectivity index (χ3v) is 3.66. The summed E-state index contributed by atoms with van der Waals surface area (Å²) < 4.78 is 1.92. The zero-order chi connectivity index (χ0) is 13.7. The Labute approximate surface area is 115 Å². The maximum absolute atomic E-state index is 4.29. The summed E-state index contributed by atoms with van der Waals surface area (Å²) in [4.78, 5) is 0. The third-order valence-electron chi connectivity index (χ3n) is 3.66. The van der Waals surface area contributed by atoms with Crippen molar-refractivity contribution < 1.29 is 0 Å². The van der Waals surface area contributed by atoms with E-state index in [-0.39, 0.29) is 0 Å². The van der Waals surface area contributed by atoms with Crippen molar-refractivity contribution in [2.45, 2.75) is 39.3 Å². The van der Waals surface area contributed by atoms with Gasteiger partial charge in [0.25, 0.3) is 0 Å². The van der Waals surface area contributed by atoms with E-state index in [1.165, 1.54) is 23.2 Å². The predicted molar refractivity (Wildman–Crippen MR) is 78.9 cm³/mol. The number of nitrogens with zero attached hydrogens (tertiary/aromatic N) is 2. The second kappa shape index (κ2) is 6.53. The number of hydrogen-bond acceptors (Lipinski definition) is 2. The van der Waals surface area contributed by atoms with Gasteiger partial charge in [0.15, 0.2) is 0 Å². The van der Waals surface area contributed by atoms with Crippen LogP contribution in [0.2, 0.25) is 0 Å². The average molecular weight is 257 g/mol. The van der Waals surface area contributed by atoms with Crippen LogP contribution in [0.4, 0.5) is 0 Å². The molecule has 0 aliphatic heterocycles. The van der Waals surface area contributed by atoms with E-state index in [1.54, 1.807) is 0 Å². The number of hydrogen-bond donors (Lipinski definition) is 1. The molecule has 0 fully saturated rings. The van der Waals surface area contributed by atoms with Crippen LogP contribution in [-0.2, 0) is 13.6 Å². The number of benzene rings is 1. The Kier molecular flexibility index (Phi) is 4.74. The lowest BCUT2D eigenvalue weighted by Gasteiger charge is -2.18. The second-order valence-electron chi connectivity index (χ2n) is 5.01. The first-order valence-electron chi connectivity index (χ1n) is 6.98. The summed E-state index contributed by atoms with van der Waals surface area (Å²) in [6.45, 7) is 5.22. The van der Waals surface area contributed by atoms with E-state index in [0.717, 1.165) is 13.0 Å². The number of aryl methyl sites for hydroxylation is 1. The van der Waals surface area contributed by atoms with Crippen molar-refractivity contribution >= 4 is 0 Å². The van der Waals surface area contributed by atoms with Crippen LogP contribution < -0.4 is 5.32 Å². The summed E-state index contributed by atoms with van der Waals surface area (Å²) in [7, 11) is 1.99. The van der Waals surface area contributed by atoms with E-state index in [2.05, 4.69) is 54.6 Å². The molecule has 1 N–H and O–H groups in total. The van der Waals surface area contributed by atoms with Crippen molar-refractivity contribution in [3.63, 3.8) is 0 Å². The van der Waals surface area contributed by atoms with Crippen LogP contribution in [-0.4, -0.2) is 9.78 Å². The maximum Gasteiger partial charge on any atom is 0.0537 e. The zero-order valence-electron chi connectivity index (χ0n) is 12.1. The van der Waals surface area contributed by atoms with Crippen LogP contribution in [0.25, 0.3) is 0 Å². The summed E-state index contributed by atoms with van der Waals surface area (Å²) in [5, 5.41) is 7.94. The molecule has 1 heterocycles. The molecule has 3 heteroatoms. The van der Waals surface area contributed by atoms with Gasteiger partial charge in [-0.1, -0.05) is 43.7 Å². The summed E-state index contributed by atoms with van der Waals surface area (Å²) in [6, 6.07) is 11.1. The molecule has 1 aromatic carbocycles. The molecule has 0 amide bonds. The van der Waals surface area contributed by atoms with Crippen molar-refractivity contribution in [2.75, 3.05) is 0 Å². The van der Waals surface area contributed by atoms with Crippen LogP contribution >= 0.6 is 0 Å². The summed E-state index contributed by atoms with van der Waals surface area (Å²) in [5.41, 5.74) is 3.88. The molecular weight excluding hydrogens is 234 g/mol. The van der Waals surface area contributed by atoms with Crippen LogP contribution in [0.5, 0.6) is 0 Å². The summed E-state index contributed by atoms with van der Waals surface area (Å²) in [5.74, 6) is 0. The molecule has 2 aromatic rings. The van der Waals surface area contributed by atoms with Crippen LogP contribution in [0, 0.1) is 6.92 Å². The highest BCUT2D eigenvalue weighted by Crippen LogP contribution is 2.19. The smallest absolute Gasteiger partial charge is 0.0537 e. The standard InChI is InChI=1S/C16H23N3/c1-4-8-16(14-9-6-5-7-10-14)17-11-15-12-18-19(3)13(15)2/h5-7,9-10,12,16-17H,4,8,11H2,1-3H3. The lowest BCUT2D eigenvalue weighted by molar-refractivity contribution is 0.492. The summed E-state index contributed by atoms with van der Waals surface area (Å²) in [6.07, 6.45) is 4.29. The first kappa shape index (κ1) is 13.8. The molecule has 0 aliphatic carbocycles. The van der Waals surface area contributed by atoms with Crippen molar-refractivity contribution in [3.8, 4) is 0 Å².